The zero-order chi connectivity index (χ0) is 26.3. The average molecular weight is 527 g/mol. The minimum absolute atomic E-state index is 0.0260. The molecule has 0 unspecified atom stereocenters. The van der Waals surface area contributed by atoms with E-state index in [1.54, 1.807) is 31.2 Å². The first-order chi connectivity index (χ1) is 16.4. The molecule has 0 radical (unpaired) electrons. The Labute approximate surface area is 211 Å². The number of anilines is 1. The van der Waals surface area contributed by atoms with Gasteiger partial charge in [0.25, 0.3) is 0 Å². The van der Waals surface area contributed by atoms with Crippen LogP contribution in [0, 0.1) is 5.82 Å². The smallest absolute Gasteiger partial charge is 0.304 e. The Balaban J connectivity index is 2.46. The minimum Gasteiger partial charge on any atom is -0.352 e. The van der Waals surface area contributed by atoms with Crippen molar-refractivity contribution in [2.75, 3.05) is 24.9 Å². The maximum atomic E-state index is 14.6. The van der Waals surface area contributed by atoms with Gasteiger partial charge in [-0.3, -0.25) is 9.59 Å². The third-order valence-electron chi connectivity index (χ3n) is 5.57. The summed E-state index contributed by atoms with van der Waals surface area (Å²) in [6, 6.07) is 11.0. The molecular formula is C24H32ClFN4O4S. The van der Waals surface area contributed by atoms with Gasteiger partial charge in [0.15, 0.2) is 0 Å². The van der Waals surface area contributed by atoms with Crippen molar-refractivity contribution in [3.63, 3.8) is 0 Å². The number of amides is 2. The van der Waals surface area contributed by atoms with E-state index in [0.717, 1.165) is 10.4 Å². The Bertz CT molecular complexity index is 1130. The van der Waals surface area contributed by atoms with Crippen LogP contribution in [0.4, 0.5) is 10.1 Å². The summed E-state index contributed by atoms with van der Waals surface area (Å²) in [6.45, 7) is 4.66. The van der Waals surface area contributed by atoms with Crippen LogP contribution in [0.5, 0.6) is 0 Å². The highest BCUT2D eigenvalue weighted by Crippen LogP contribution is 2.24. The summed E-state index contributed by atoms with van der Waals surface area (Å²) in [4.78, 5) is 27.7. The van der Waals surface area contributed by atoms with Gasteiger partial charge >= 0.3 is 10.2 Å². The Morgan fingerprint density at radius 2 is 1.66 bits per heavy atom. The fraction of sp³-hybridized carbons (Fsp3) is 0.417. The Morgan fingerprint density at radius 1 is 1.06 bits per heavy atom. The van der Waals surface area contributed by atoms with E-state index < -0.39 is 34.5 Å². The fourth-order valence-electron chi connectivity index (χ4n) is 3.19. The molecule has 0 fully saturated rings. The lowest BCUT2D eigenvalue weighted by Gasteiger charge is -2.33. The van der Waals surface area contributed by atoms with Crippen LogP contribution in [0.25, 0.3) is 0 Å². The first-order valence-corrected chi connectivity index (χ1v) is 12.9. The summed E-state index contributed by atoms with van der Waals surface area (Å²) >= 11 is 5.97. The predicted molar refractivity (Wildman–Crippen MR) is 136 cm³/mol. The molecule has 0 spiro atoms. The minimum atomic E-state index is -4.23. The third kappa shape index (κ3) is 7.39. The van der Waals surface area contributed by atoms with Gasteiger partial charge in [0.2, 0.25) is 11.8 Å². The first kappa shape index (κ1) is 28.5. The van der Waals surface area contributed by atoms with Gasteiger partial charge in [-0.2, -0.15) is 12.7 Å². The van der Waals surface area contributed by atoms with Crippen LogP contribution < -0.4 is 9.62 Å². The average Bonchev–Trinajstić information content (AvgIpc) is 2.81. The largest absolute Gasteiger partial charge is 0.352 e. The number of halogens is 2. The topological polar surface area (TPSA) is 90.0 Å². The molecular weight excluding hydrogens is 495 g/mol. The number of carbonyl (C=O) groups excluding carboxylic acids is 2. The Hall–Kier alpha value is -2.69. The summed E-state index contributed by atoms with van der Waals surface area (Å²) in [7, 11) is -1.64. The summed E-state index contributed by atoms with van der Waals surface area (Å²) in [5.41, 5.74) is 0.427. The third-order valence-corrected chi connectivity index (χ3v) is 7.63. The molecule has 35 heavy (non-hydrogen) atoms. The monoisotopic (exact) mass is 526 g/mol. The molecule has 2 aromatic rings. The van der Waals surface area contributed by atoms with Crippen molar-refractivity contribution in [2.24, 2.45) is 0 Å². The molecule has 2 rings (SSSR count). The zero-order valence-corrected chi connectivity index (χ0v) is 22.1. The van der Waals surface area contributed by atoms with Crippen molar-refractivity contribution in [2.45, 2.75) is 45.8 Å². The van der Waals surface area contributed by atoms with E-state index in [-0.39, 0.29) is 24.2 Å². The normalized spacial score (nSPS) is 13.3. The number of hydrogen-bond acceptors (Lipinski definition) is 4. The lowest BCUT2D eigenvalue weighted by Crippen LogP contribution is -2.53. The van der Waals surface area contributed by atoms with Gasteiger partial charge in [0.1, 0.15) is 18.4 Å². The first-order valence-electron chi connectivity index (χ1n) is 11.2. The van der Waals surface area contributed by atoms with Gasteiger partial charge in [-0.1, -0.05) is 42.8 Å². The van der Waals surface area contributed by atoms with Crippen molar-refractivity contribution in [3.05, 3.63) is 64.9 Å². The maximum Gasteiger partial charge on any atom is 0.304 e. The number of para-hydroxylation sites is 1. The van der Waals surface area contributed by atoms with Crippen molar-refractivity contribution >= 4 is 39.3 Å². The molecule has 0 heterocycles. The molecule has 0 aliphatic carbocycles. The van der Waals surface area contributed by atoms with E-state index in [1.807, 2.05) is 13.8 Å². The Morgan fingerprint density at radius 3 is 2.20 bits per heavy atom. The number of nitrogens with zero attached hydrogens (tertiary/aromatic N) is 3. The lowest BCUT2D eigenvalue weighted by atomic mass is 10.1. The van der Waals surface area contributed by atoms with Crippen molar-refractivity contribution in [1.82, 2.24) is 14.5 Å². The van der Waals surface area contributed by atoms with E-state index in [4.69, 9.17) is 11.6 Å². The van der Waals surface area contributed by atoms with Crippen LogP contribution in [0.3, 0.4) is 0 Å². The fourth-order valence-corrected chi connectivity index (χ4v) is 4.38. The van der Waals surface area contributed by atoms with Crippen molar-refractivity contribution in [1.29, 1.82) is 0 Å². The number of nitrogens with one attached hydrogen (secondary N) is 1. The van der Waals surface area contributed by atoms with Crippen LogP contribution in [0.1, 0.15) is 32.8 Å². The molecule has 0 saturated carbocycles. The summed E-state index contributed by atoms with van der Waals surface area (Å²) in [5, 5.41) is 3.36. The number of rotatable bonds is 11. The van der Waals surface area contributed by atoms with Crippen molar-refractivity contribution < 1.29 is 22.4 Å². The number of hydrogen-bond donors (Lipinski definition) is 1. The molecule has 8 nitrogen and oxygen atoms in total. The quantitative estimate of drug-likeness (QED) is 0.486. The van der Waals surface area contributed by atoms with Gasteiger partial charge < -0.3 is 10.2 Å². The van der Waals surface area contributed by atoms with Crippen LogP contribution in [-0.2, 0) is 26.3 Å². The lowest BCUT2D eigenvalue weighted by molar-refractivity contribution is -0.139. The molecule has 0 aromatic heterocycles. The molecule has 0 bridgehead atoms. The highest BCUT2D eigenvalue weighted by atomic mass is 35.5. The van der Waals surface area contributed by atoms with Crippen LogP contribution >= 0.6 is 11.6 Å². The van der Waals surface area contributed by atoms with Gasteiger partial charge in [-0.15, -0.1) is 0 Å². The van der Waals surface area contributed by atoms with Gasteiger partial charge in [0, 0.05) is 31.7 Å². The SMILES string of the molecule is CC[C@H](C)NC(=O)[C@H](C)N(Cc1ccc(Cl)cc1)C(=O)CN(c1ccccc1F)S(=O)(=O)N(C)C. The standard InChI is InChI=1S/C24H32ClFN4O4S/c1-6-17(2)27-24(32)18(3)29(15-19-11-13-20(25)14-12-19)23(31)16-30(35(33,34)28(4)5)22-10-8-7-9-21(22)26/h7-14,17-18H,6,15-16H2,1-5H3,(H,27,32)/t17-,18-/m0/s1. The second-order valence-electron chi connectivity index (χ2n) is 8.39. The molecule has 2 atom stereocenters. The zero-order valence-electron chi connectivity index (χ0n) is 20.5. The Kier molecular flexibility index (Phi) is 10.1. The predicted octanol–water partition coefficient (Wildman–Crippen LogP) is 3.42. The molecule has 0 aliphatic heterocycles. The van der Waals surface area contributed by atoms with Gasteiger partial charge in [-0.25, -0.2) is 8.70 Å². The van der Waals surface area contributed by atoms with Crippen LogP contribution in [0.15, 0.2) is 48.5 Å². The van der Waals surface area contributed by atoms with E-state index in [0.29, 0.717) is 21.3 Å². The van der Waals surface area contributed by atoms with Crippen LogP contribution in [0.2, 0.25) is 5.02 Å². The highest BCUT2D eigenvalue weighted by Gasteiger charge is 2.33. The second-order valence-corrected chi connectivity index (χ2v) is 10.9. The van der Waals surface area contributed by atoms with E-state index in [1.165, 1.54) is 37.2 Å². The molecule has 192 valence electrons. The maximum absolute atomic E-state index is 14.6. The number of benzene rings is 2. The molecule has 0 aliphatic rings. The molecule has 2 amide bonds. The van der Waals surface area contributed by atoms with Gasteiger partial charge in [-0.05, 0) is 50.1 Å². The molecule has 0 saturated heterocycles. The molecule has 11 heteroatoms. The molecule has 2 aromatic carbocycles. The van der Waals surface area contributed by atoms with Crippen LogP contribution in [-0.4, -0.2) is 62.2 Å². The summed E-state index contributed by atoms with van der Waals surface area (Å²) < 4.78 is 42.3. The van der Waals surface area contributed by atoms with E-state index in [9.17, 15) is 22.4 Å². The highest BCUT2D eigenvalue weighted by molar-refractivity contribution is 7.90. The molecule has 1 N–H and O–H groups in total. The van der Waals surface area contributed by atoms with Crippen molar-refractivity contribution in [3.8, 4) is 0 Å². The van der Waals surface area contributed by atoms with Gasteiger partial charge in [0.05, 0.1) is 5.69 Å². The number of carbonyl (C=O) groups is 2. The summed E-state index contributed by atoms with van der Waals surface area (Å²) in [5.74, 6) is -1.84. The van der Waals surface area contributed by atoms with E-state index in [2.05, 4.69) is 5.32 Å². The second kappa shape index (κ2) is 12.3. The summed E-state index contributed by atoms with van der Waals surface area (Å²) in [6.07, 6.45) is 0.700. The van der Waals surface area contributed by atoms with E-state index >= 15 is 0 Å².